The van der Waals surface area contributed by atoms with Crippen LogP contribution in [0.4, 0.5) is 0 Å². The molecule has 7 nitrogen and oxygen atoms in total. The van der Waals surface area contributed by atoms with Crippen LogP contribution in [0.2, 0.25) is 0 Å². The van der Waals surface area contributed by atoms with Crippen molar-refractivity contribution in [3.63, 3.8) is 0 Å². The highest BCUT2D eigenvalue weighted by molar-refractivity contribution is 7.89. The van der Waals surface area contributed by atoms with Gasteiger partial charge in [-0.05, 0) is 65.9 Å². The summed E-state index contributed by atoms with van der Waals surface area (Å²) < 4.78 is 39.0. The van der Waals surface area contributed by atoms with Crippen molar-refractivity contribution in [2.75, 3.05) is 14.2 Å². The van der Waals surface area contributed by atoms with E-state index in [1.165, 1.54) is 23.5 Å². The van der Waals surface area contributed by atoms with Crippen LogP contribution in [0.15, 0.2) is 82.5 Å². The second-order valence-corrected chi connectivity index (χ2v) is 9.90. The average molecular weight is 479 g/mol. The molecule has 0 unspecified atom stereocenters. The van der Waals surface area contributed by atoms with Crippen molar-refractivity contribution < 1.29 is 17.9 Å². The number of nitrogens with one attached hydrogen (secondary N) is 1. The lowest BCUT2D eigenvalue weighted by atomic mass is 10.1. The molecular weight excluding hydrogens is 452 g/mol. The molecule has 0 aliphatic carbocycles. The second kappa shape index (κ2) is 9.70. The SMILES string of the molecule is COc1ccc(CN(Cc2cc3cccc(C)c3[nH]c2=O)S(=O)(=O)c2ccc(OC)cc2)cc1. The number of hydrogen-bond acceptors (Lipinski definition) is 5. The fourth-order valence-corrected chi connectivity index (χ4v) is 5.20. The summed E-state index contributed by atoms with van der Waals surface area (Å²) in [5, 5.41) is 0.848. The lowest BCUT2D eigenvalue weighted by Crippen LogP contribution is -2.32. The molecule has 1 aromatic heterocycles. The standard InChI is InChI=1S/C26H26N2O5S/c1-18-5-4-6-20-15-21(26(29)27-25(18)20)17-28(16-19-7-9-22(32-2)10-8-19)34(30,31)24-13-11-23(33-3)12-14-24/h4-15H,16-17H2,1-3H3,(H,27,29). The Morgan fingerprint density at radius 1 is 0.853 bits per heavy atom. The third kappa shape index (κ3) is 4.83. The molecule has 3 aromatic carbocycles. The molecule has 0 bridgehead atoms. The van der Waals surface area contributed by atoms with Crippen molar-refractivity contribution in [1.29, 1.82) is 0 Å². The van der Waals surface area contributed by atoms with Crippen LogP contribution in [0.3, 0.4) is 0 Å². The Hall–Kier alpha value is -3.62. The third-order valence-electron chi connectivity index (χ3n) is 5.73. The van der Waals surface area contributed by atoms with Gasteiger partial charge < -0.3 is 14.5 Å². The number of para-hydroxylation sites is 1. The fourth-order valence-electron chi connectivity index (χ4n) is 3.79. The largest absolute Gasteiger partial charge is 0.497 e. The summed E-state index contributed by atoms with van der Waals surface area (Å²) >= 11 is 0. The van der Waals surface area contributed by atoms with Crippen LogP contribution in [-0.2, 0) is 23.1 Å². The van der Waals surface area contributed by atoms with Gasteiger partial charge in [0.2, 0.25) is 10.0 Å². The van der Waals surface area contributed by atoms with E-state index in [1.807, 2.05) is 37.3 Å². The highest BCUT2D eigenvalue weighted by Gasteiger charge is 2.26. The van der Waals surface area contributed by atoms with E-state index in [0.717, 1.165) is 22.0 Å². The van der Waals surface area contributed by atoms with E-state index in [0.29, 0.717) is 17.1 Å². The minimum atomic E-state index is -3.92. The fraction of sp³-hybridized carbons (Fsp3) is 0.192. The summed E-state index contributed by atoms with van der Waals surface area (Å²) in [7, 11) is -0.829. The first-order chi connectivity index (χ1) is 16.3. The molecule has 0 spiro atoms. The molecule has 1 N–H and O–H groups in total. The maximum absolute atomic E-state index is 13.6. The number of rotatable bonds is 8. The van der Waals surface area contributed by atoms with Crippen LogP contribution in [0, 0.1) is 6.92 Å². The summed E-state index contributed by atoms with van der Waals surface area (Å²) in [4.78, 5) is 15.9. The van der Waals surface area contributed by atoms with Crippen LogP contribution in [-0.4, -0.2) is 31.9 Å². The number of methoxy groups -OCH3 is 2. The summed E-state index contributed by atoms with van der Waals surface area (Å²) in [5.74, 6) is 1.23. The number of fused-ring (bicyclic) bond motifs is 1. The van der Waals surface area contributed by atoms with E-state index in [9.17, 15) is 13.2 Å². The minimum Gasteiger partial charge on any atom is -0.497 e. The molecule has 0 saturated heterocycles. The Balaban J connectivity index is 1.76. The first-order valence-electron chi connectivity index (χ1n) is 10.7. The Morgan fingerprint density at radius 2 is 1.47 bits per heavy atom. The number of hydrogen-bond donors (Lipinski definition) is 1. The van der Waals surface area contributed by atoms with Gasteiger partial charge in [0, 0.05) is 18.7 Å². The zero-order chi connectivity index (χ0) is 24.3. The van der Waals surface area contributed by atoms with Crippen molar-refractivity contribution in [1.82, 2.24) is 9.29 Å². The lowest BCUT2D eigenvalue weighted by Gasteiger charge is -2.23. The van der Waals surface area contributed by atoms with Crippen LogP contribution < -0.4 is 15.0 Å². The number of sulfonamides is 1. The lowest BCUT2D eigenvalue weighted by molar-refractivity contribution is 0.397. The molecular formula is C26H26N2O5S. The maximum atomic E-state index is 13.6. The van der Waals surface area contributed by atoms with Gasteiger partial charge in [-0.25, -0.2) is 8.42 Å². The predicted molar refractivity (Wildman–Crippen MR) is 132 cm³/mol. The monoisotopic (exact) mass is 478 g/mol. The molecule has 1 heterocycles. The van der Waals surface area contributed by atoms with Crippen LogP contribution in [0.25, 0.3) is 10.9 Å². The van der Waals surface area contributed by atoms with Gasteiger partial charge in [0.15, 0.2) is 0 Å². The zero-order valence-electron chi connectivity index (χ0n) is 19.2. The van der Waals surface area contributed by atoms with E-state index < -0.39 is 10.0 Å². The predicted octanol–water partition coefficient (Wildman–Crippen LogP) is 4.24. The van der Waals surface area contributed by atoms with Crippen LogP contribution >= 0.6 is 0 Å². The number of aromatic amines is 1. The maximum Gasteiger partial charge on any atom is 0.252 e. The van der Waals surface area contributed by atoms with Gasteiger partial charge in [0.25, 0.3) is 5.56 Å². The smallest absolute Gasteiger partial charge is 0.252 e. The van der Waals surface area contributed by atoms with Crippen molar-refractivity contribution in [3.05, 3.63) is 99.8 Å². The average Bonchev–Trinajstić information content (AvgIpc) is 2.85. The van der Waals surface area contributed by atoms with E-state index in [4.69, 9.17) is 9.47 Å². The first-order valence-corrected chi connectivity index (χ1v) is 12.1. The Bertz CT molecular complexity index is 1460. The van der Waals surface area contributed by atoms with Crippen LogP contribution in [0.5, 0.6) is 11.5 Å². The number of pyridine rings is 1. The molecule has 8 heteroatoms. The van der Waals surface area contributed by atoms with Gasteiger partial charge >= 0.3 is 0 Å². The van der Waals surface area contributed by atoms with Gasteiger partial charge in [-0.3, -0.25) is 4.79 Å². The van der Waals surface area contributed by atoms with Crippen molar-refractivity contribution in [2.45, 2.75) is 24.9 Å². The molecule has 0 fully saturated rings. The molecule has 0 radical (unpaired) electrons. The highest BCUT2D eigenvalue weighted by Crippen LogP contribution is 2.24. The summed E-state index contributed by atoms with van der Waals surface area (Å²) in [6.45, 7) is 1.92. The molecule has 0 saturated carbocycles. The van der Waals surface area contributed by atoms with Gasteiger partial charge in [0.05, 0.1) is 24.6 Å². The molecule has 0 atom stereocenters. The number of H-pyrrole nitrogens is 1. The van der Waals surface area contributed by atoms with E-state index in [-0.39, 0.29) is 23.5 Å². The summed E-state index contributed by atoms with van der Waals surface area (Å²) in [6.07, 6.45) is 0. The van der Waals surface area contributed by atoms with Gasteiger partial charge in [-0.15, -0.1) is 0 Å². The summed E-state index contributed by atoms with van der Waals surface area (Å²) in [5.41, 5.74) is 2.51. The number of aryl methyl sites for hydroxylation is 1. The molecule has 4 rings (SSSR count). The molecule has 4 aromatic rings. The van der Waals surface area contributed by atoms with Gasteiger partial charge in [0.1, 0.15) is 11.5 Å². The molecule has 0 aliphatic heterocycles. The van der Waals surface area contributed by atoms with Crippen molar-refractivity contribution >= 4 is 20.9 Å². The Morgan fingerprint density at radius 3 is 2.09 bits per heavy atom. The molecule has 0 aliphatic rings. The Labute approximate surface area is 198 Å². The quantitative estimate of drug-likeness (QED) is 0.409. The van der Waals surface area contributed by atoms with E-state index >= 15 is 0 Å². The summed E-state index contributed by atoms with van der Waals surface area (Å²) in [6, 6.07) is 20.9. The third-order valence-corrected chi connectivity index (χ3v) is 7.53. The molecule has 34 heavy (non-hydrogen) atoms. The number of aromatic nitrogens is 1. The second-order valence-electron chi connectivity index (χ2n) is 7.96. The van der Waals surface area contributed by atoms with E-state index in [1.54, 1.807) is 37.4 Å². The number of nitrogens with zero attached hydrogens (tertiary/aromatic N) is 1. The van der Waals surface area contributed by atoms with Crippen LogP contribution in [0.1, 0.15) is 16.7 Å². The minimum absolute atomic E-state index is 0.0837. The number of benzene rings is 3. The number of ether oxygens (including phenoxy) is 2. The van der Waals surface area contributed by atoms with Crippen molar-refractivity contribution in [3.8, 4) is 11.5 Å². The zero-order valence-corrected chi connectivity index (χ0v) is 20.1. The van der Waals surface area contributed by atoms with Gasteiger partial charge in [-0.2, -0.15) is 4.31 Å². The molecule has 176 valence electrons. The highest BCUT2D eigenvalue weighted by atomic mass is 32.2. The first kappa shape index (κ1) is 23.5. The van der Waals surface area contributed by atoms with Gasteiger partial charge in [-0.1, -0.05) is 30.3 Å². The van der Waals surface area contributed by atoms with E-state index in [2.05, 4.69) is 4.98 Å². The topological polar surface area (TPSA) is 88.7 Å². The Kier molecular flexibility index (Phi) is 6.72. The molecule has 0 amide bonds. The van der Waals surface area contributed by atoms with Crippen molar-refractivity contribution in [2.24, 2.45) is 0 Å². The normalized spacial score (nSPS) is 11.6.